The lowest BCUT2D eigenvalue weighted by Crippen LogP contribution is -2.53. The molecule has 1 aromatic rings. The third-order valence-electron chi connectivity index (χ3n) is 6.56. The summed E-state index contributed by atoms with van der Waals surface area (Å²) in [6, 6.07) is 7.60. The number of rotatable bonds is 6. The third kappa shape index (κ3) is 5.64. The van der Waals surface area contributed by atoms with Crippen LogP contribution < -0.4 is 9.64 Å². The molecule has 0 N–H and O–H groups in total. The Morgan fingerprint density at radius 1 is 1.00 bits per heavy atom. The molecule has 2 aliphatic heterocycles. The van der Waals surface area contributed by atoms with Crippen LogP contribution in [-0.2, 0) is 0 Å². The average Bonchev–Trinajstić information content (AvgIpc) is 2.79. The Morgan fingerprint density at radius 3 is 2.18 bits per heavy atom. The van der Waals surface area contributed by atoms with Gasteiger partial charge in [-0.3, -0.25) is 4.90 Å². The maximum absolute atomic E-state index is 5.70. The summed E-state index contributed by atoms with van der Waals surface area (Å²) < 4.78 is 5.70. The van der Waals surface area contributed by atoms with Crippen molar-refractivity contribution in [1.29, 1.82) is 0 Å². The van der Waals surface area contributed by atoms with Gasteiger partial charge in [-0.2, -0.15) is 0 Å². The van der Waals surface area contributed by atoms with Crippen molar-refractivity contribution < 1.29 is 4.74 Å². The molecule has 160 valence electrons. The van der Waals surface area contributed by atoms with E-state index in [4.69, 9.17) is 4.74 Å². The maximum atomic E-state index is 5.70. The number of nitrogens with zero attached hydrogens (tertiary/aromatic N) is 3. The van der Waals surface area contributed by atoms with Gasteiger partial charge in [-0.1, -0.05) is 40.7 Å². The minimum Gasteiger partial charge on any atom is -0.496 e. The Bertz CT molecular complexity index is 561. The van der Waals surface area contributed by atoms with Crippen molar-refractivity contribution in [1.82, 2.24) is 9.80 Å². The van der Waals surface area contributed by atoms with Crippen molar-refractivity contribution in [3.63, 3.8) is 0 Å². The Labute approximate surface area is 173 Å². The number of likely N-dealkylation sites (tertiary alicyclic amines) is 1. The van der Waals surface area contributed by atoms with Crippen molar-refractivity contribution in [2.45, 2.75) is 65.8 Å². The number of hydrogen-bond acceptors (Lipinski definition) is 4. The van der Waals surface area contributed by atoms with Crippen molar-refractivity contribution >= 4 is 5.69 Å². The molecule has 0 spiro atoms. The lowest BCUT2D eigenvalue weighted by atomic mass is 9.97. The van der Waals surface area contributed by atoms with E-state index in [1.165, 1.54) is 56.8 Å². The van der Waals surface area contributed by atoms with Crippen LogP contribution in [-0.4, -0.2) is 68.8 Å². The molecule has 1 unspecified atom stereocenters. The van der Waals surface area contributed by atoms with E-state index in [9.17, 15) is 0 Å². The number of anilines is 1. The first-order valence-electron chi connectivity index (χ1n) is 11.6. The van der Waals surface area contributed by atoms with Gasteiger partial charge in [-0.25, -0.2) is 0 Å². The number of methoxy groups -OCH3 is 1. The first-order valence-corrected chi connectivity index (χ1v) is 11.6. The summed E-state index contributed by atoms with van der Waals surface area (Å²) >= 11 is 0. The Balaban J connectivity index is 0.00000136. The summed E-state index contributed by atoms with van der Waals surface area (Å²) in [7, 11) is 1.80. The number of piperazine rings is 1. The Morgan fingerprint density at radius 2 is 1.64 bits per heavy atom. The van der Waals surface area contributed by atoms with E-state index in [2.05, 4.69) is 53.7 Å². The normalized spacial score (nSPS) is 20.4. The van der Waals surface area contributed by atoms with Crippen LogP contribution in [0.25, 0.3) is 0 Å². The first-order chi connectivity index (χ1) is 13.7. The molecule has 4 nitrogen and oxygen atoms in total. The average molecular weight is 390 g/mol. The standard InChI is InChI=1S/C22H37N3O.C2H6/c1-5-18(3)21-8-7-20(17-22(21)26-4)25-15-13-24(14-16-25)19-9-11-23(6-2)12-10-19;1-2/h7-8,17-19H,5-6,9-16H2,1-4H3;1-2H3. The van der Waals surface area contributed by atoms with E-state index in [0.717, 1.165) is 31.3 Å². The highest BCUT2D eigenvalue weighted by Crippen LogP contribution is 2.33. The Kier molecular flexibility index (Phi) is 9.60. The van der Waals surface area contributed by atoms with Gasteiger partial charge in [0, 0.05) is 44.0 Å². The number of benzene rings is 1. The zero-order chi connectivity index (χ0) is 20.5. The fourth-order valence-corrected chi connectivity index (χ4v) is 4.47. The minimum absolute atomic E-state index is 0.546. The summed E-state index contributed by atoms with van der Waals surface area (Å²) in [6.07, 6.45) is 3.82. The lowest BCUT2D eigenvalue weighted by molar-refractivity contribution is 0.106. The minimum atomic E-state index is 0.546. The fourth-order valence-electron chi connectivity index (χ4n) is 4.47. The molecule has 0 aliphatic carbocycles. The highest BCUT2D eigenvalue weighted by Gasteiger charge is 2.27. The molecular formula is C24H43N3O. The topological polar surface area (TPSA) is 19.0 Å². The predicted octanol–water partition coefficient (Wildman–Crippen LogP) is 4.84. The van der Waals surface area contributed by atoms with E-state index in [0.29, 0.717) is 5.92 Å². The monoisotopic (exact) mass is 389 g/mol. The smallest absolute Gasteiger partial charge is 0.124 e. The van der Waals surface area contributed by atoms with Crippen LogP contribution in [0.15, 0.2) is 18.2 Å². The summed E-state index contributed by atoms with van der Waals surface area (Å²) in [4.78, 5) is 7.84. The quantitative estimate of drug-likeness (QED) is 0.693. The SMILES string of the molecule is CC.CCC(C)c1ccc(N2CCN(C3CCN(CC)CC3)CC2)cc1OC. The van der Waals surface area contributed by atoms with Gasteiger partial charge in [-0.15, -0.1) is 0 Å². The van der Waals surface area contributed by atoms with Crippen LogP contribution in [0, 0.1) is 0 Å². The zero-order valence-corrected chi connectivity index (χ0v) is 19.2. The molecule has 2 heterocycles. The molecule has 0 saturated carbocycles. The summed E-state index contributed by atoms with van der Waals surface area (Å²) in [5, 5.41) is 0. The van der Waals surface area contributed by atoms with Gasteiger partial charge in [0.15, 0.2) is 0 Å². The second-order valence-corrected chi connectivity index (χ2v) is 7.92. The van der Waals surface area contributed by atoms with E-state index in [1.807, 2.05) is 13.8 Å². The molecule has 1 atom stereocenters. The van der Waals surface area contributed by atoms with Gasteiger partial charge in [-0.05, 0) is 56.4 Å². The predicted molar refractivity (Wildman–Crippen MR) is 122 cm³/mol. The Hall–Kier alpha value is -1.26. The van der Waals surface area contributed by atoms with Crippen molar-refractivity contribution in [2.24, 2.45) is 0 Å². The van der Waals surface area contributed by atoms with Crippen LogP contribution in [0.3, 0.4) is 0 Å². The number of hydrogen-bond donors (Lipinski definition) is 0. The third-order valence-corrected chi connectivity index (χ3v) is 6.56. The molecule has 0 bridgehead atoms. The van der Waals surface area contributed by atoms with Gasteiger partial charge >= 0.3 is 0 Å². The van der Waals surface area contributed by atoms with Crippen LogP contribution in [0.4, 0.5) is 5.69 Å². The fraction of sp³-hybridized carbons (Fsp3) is 0.750. The maximum Gasteiger partial charge on any atom is 0.124 e. The van der Waals surface area contributed by atoms with E-state index < -0.39 is 0 Å². The number of ether oxygens (including phenoxy) is 1. The van der Waals surface area contributed by atoms with Gasteiger partial charge in [0.2, 0.25) is 0 Å². The zero-order valence-electron chi connectivity index (χ0n) is 19.2. The molecule has 28 heavy (non-hydrogen) atoms. The van der Waals surface area contributed by atoms with Crippen molar-refractivity contribution in [3.05, 3.63) is 23.8 Å². The summed E-state index contributed by atoms with van der Waals surface area (Å²) in [5.74, 6) is 1.59. The molecular weight excluding hydrogens is 346 g/mol. The molecule has 3 rings (SSSR count). The molecule has 0 radical (unpaired) electrons. The second-order valence-electron chi connectivity index (χ2n) is 7.92. The molecule has 4 heteroatoms. The van der Waals surface area contributed by atoms with Crippen LogP contribution in [0.2, 0.25) is 0 Å². The molecule has 2 aliphatic rings. The van der Waals surface area contributed by atoms with Gasteiger partial charge in [0.05, 0.1) is 7.11 Å². The highest BCUT2D eigenvalue weighted by atomic mass is 16.5. The first kappa shape index (κ1) is 23.0. The largest absolute Gasteiger partial charge is 0.496 e. The molecule has 0 amide bonds. The van der Waals surface area contributed by atoms with E-state index in [1.54, 1.807) is 7.11 Å². The van der Waals surface area contributed by atoms with Crippen molar-refractivity contribution in [3.8, 4) is 5.75 Å². The van der Waals surface area contributed by atoms with Crippen LogP contribution in [0.1, 0.15) is 65.4 Å². The molecule has 1 aromatic carbocycles. The van der Waals surface area contributed by atoms with Gasteiger partial charge in [0.25, 0.3) is 0 Å². The lowest BCUT2D eigenvalue weighted by Gasteiger charge is -2.43. The number of piperidine rings is 1. The highest BCUT2D eigenvalue weighted by molar-refractivity contribution is 5.55. The van der Waals surface area contributed by atoms with Gasteiger partial charge < -0.3 is 14.5 Å². The summed E-state index contributed by atoms with van der Waals surface area (Å²) in [5.41, 5.74) is 2.65. The van der Waals surface area contributed by atoms with Crippen molar-refractivity contribution in [2.75, 3.05) is 57.8 Å². The molecule has 2 saturated heterocycles. The van der Waals surface area contributed by atoms with Gasteiger partial charge in [0.1, 0.15) is 5.75 Å². The van der Waals surface area contributed by atoms with Crippen LogP contribution in [0.5, 0.6) is 5.75 Å². The second kappa shape index (κ2) is 11.7. The molecule has 0 aromatic heterocycles. The van der Waals surface area contributed by atoms with E-state index in [-0.39, 0.29) is 0 Å². The van der Waals surface area contributed by atoms with E-state index >= 15 is 0 Å². The summed E-state index contributed by atoms with van der Waals surface area (Å²) in [6.45, 7) is 19.2. The van der Waals surface area contributed by atoms with Crippen LogP contribution >= 0.6 is 0 Å². The molecule has 2 fully saturated rings.